The summed E-state index contributed by atoms with van der Waals surface area (Å²) in [5.74, 6) is 1.44. The number of aryl methyl sites for hydroxylation is 3. The van der Waals surface area contributed by atoms with Gasteiger partial charge in [0.15, 0.2) is 6.79 Å². The zero-order chi connectivity index (χ0) is 16.7. The Morgan fingerprint density at radius 1 is 0.913 bits per heavy atom. The summed E-state index contributed by atoms with van der Waals surface area (Å²) in [4.78, 5) is 0. The lowest BCUT2D eigenvalue weighted by Crippen LogP contribution is -2.03. The Hall–Kier alpha value is -2.04. The van der Waals surface area contributed by atoms with E-state index in [1.165, 1.54) is 5.56 Å². The van der Waals surface area contributed by atoms with Gasteiger partial charge in [-0.05, 0) is 61.6 Å². The fourth-order valence-corrected chi connectivity index (χ4v) is 2.61. The number of ether oxygens (including phenoxy) is 2. The van der Waals surface area contributed by atoms with Gasteiger partial charge in [0.2, 0.25) is 0 Å². The van der Waals surface area contributed by atoms with Gasteiger partial charge in [0.1, 0.15) is 11.5 Å². The summed E-state index contributed by atoms with van der Waals surface area (Å²) < 4.78 is 10.7. The molecule has 0 atom stereocenters. The van der Waals surface area contributed by atoms with Crippen LogP contribution in [0, 0.1) is 6.92 Å². The van der Waals surface area contributed by atoms with Gasteiger partial charge in [-0.1, -0.05) is 18.2 Å². The van der Waals surface area contributed by atoms with Crippen LogP contribution in [0.4, 0.5) is 0 Å². The maximum atomic E-state index is 9.42. The molecule has 2 aromatic rings. The van der Waals surface area contributed by atoms with E-state index in [9.17, 15) is 5.11 Å². The highest BCUT2D eigenvalue weighted by atomic mass is 16.6. The third-order valence-corrected chi connectivity index (χ3v) is 3.81. The summed E-state index contributed by atoms with van der Waals surface area (Å²) in [6.07, 6.45) is 1.77. The fraction of sp³-hybridized carbons (Fsp3) is 0.368. The predicted octanol–water partition coefficient (Wildman–Crippen LogP) is 3.00. The van der Waals surface area contributed by atoms with E-state index in [2.05, 4.69) is 18.2 Å². The number of aliphatic hydroxyl groups is 2. The molecule has 124 valence electrons. The van der Waals surface area contributed by atoms with Gasteiger partial charge < -0.3 is 19.7 Å². The van der Waals surface area contributed by atoms with Crippen molar-refractivity contribution in [3.63, 3.8) is 0 Å². The van der Waals surface area contributed by atoms with Crippen molar-refractivity contribution in [3.8, 4) is 11.5 Å². The summed E-state index contributed by atoms with van der Waals surface area (Å²) in [7, 11) is 0. The smallest absolute Gasteiger partial charge is 0.186 e. The molecule has 2 rings (SSSR count). The molecule has 0 aliphatic heterocycles. The highest BCUT2D eigenvalue weighted by molar-refractivity contribution is 5.43. The van der Waals surface area contributed by atoms with E-state index in [1.807, 2.05) is 32.0 Å². The van der Waals surface area contributed by atoms with E-state index in [-0.39, 0.29) is 6.61 Å². The lowest BCUT2D eigenvalue weighted by atomic mass is 9.99. The van der Waals surface area contributed by atoms with Crippen LogP contribution in [0.25, 0.3) is 0 Å². The van der Waals surface area contributed by atoms with Crippen LogP contribution in [-0.4, -0.2) is 23.6 Å². The Morgan fingerprint density at radius 2 is 1.61 bits per heavy atom. The van der Waals surface area contributed by atoms with Crippen molar-refractivity contribution >= 4 is 0 Å². The summed E-state index contributed by atoms with van der Waals surface area (Å²) in [5.41, 5.74) is 4.06. The van der Waals surface area contributed by atoms with Crippen LogP contribution in [0.1, 0.15) is 29.2 Å². The van der Waals surface area contributed by atoms with Crippen molar-refractivity contribution < 1.29 is 19.7 Å². The van der Waals surface area contributed by atoms with Gasteiger partial charge in [0.05, 0.1) is 13.2 Å². The Bertz CT molecular complexity index is 620. The topological polar surface area (TPSA) is 58.9 Å². The van der Waals surface area contributed by atoms with Crippen LogP contribution < -0.4 is 9.47 Å². The van der Waals surface area contributed by atoms with Crippen molar-refractivity contribution in [3.05, 3.63) is 58.7 Å². The van der Waals surface area contributed by atoms with Crippen molar-refractivity contribution in [2.75, 3.05) is 13.4 Å². The quantitative estimate of drug-likeness (QED) is 0.735. The molecule has 0 aliphatic rings. The fourth-order valence-electron chi connectivity index (χ4n) is 2.61. The first-order chi connectivity index (χ1) is 11.2. The second-order valence-electron chi connectivity index (χ2n) is 5.40. The normalized spacial score (nSPS) is 10.6. The molecule has 4 heteroatoms. The van der Waals surface area contributed by atoms with Gasteiger partial charge in [-0.25, -0.2) is 0 Å². The zero-order valence-corrected chi connectivity index (χ0v) is 13.7. The molecule has 0 amide bonds. The van der Waals surface area contributed by atoms with Crippen LogP contribution >= 0.6 is 0 Å². The van der Waals surface area contributed by atoms with Crippen molar-refractivity contribution in [2.24, 2.45) is 0 Å². The molecule has 0 saturated heterocycles. The lowest BCUT2D eigenvalue weighted by molar-refractivity contribution is 0.0957. The van der Waals surface area contributed by atoms with E-state index < -0.39 is 6.79 Å². The molecule has 2 N–H and O–H groups in total. The summed E-state index contributed by atoms with van der Waals surface area (Å²) in [6, 6.07) is 12.1. The highest BCUT2D eigenvalue weighted by Gasteiger charge is 2.09. The Labute approximate surface area is 137 Å². The van der Waals surface area contributed by atoms with Crippen LogP contribution in [0.5, 0.6) is 11.5 Å². The molecule has 0 heterocycles. The highest BCUT2D eigenvalue weighted by Crippen LogP contribution is 2.25. The lowest BCUT2D eigenvalue weighted by Gasteiger charge is -2.13. The van der Waals surface area contributed by atoms with Gasteiger partial charge in [-0.3, -0.25) is 0 Å². The Kier molecular flexibility index (Phi) is 6.44. The van der Waals surface area contributed by atoms with E-state index >= 15 is 0 Å². The van der Waals surface area contributed by atoms with Crippen LogP contribution in [0.2, 0.25) is 0 Å². The first-order valence-corrected chi connectivity index (χ1v) is 7.86. The van der Waals surface area contributed by atoms with Gasteiger partial charge in [0.25, 0.3) is 0 Å². The average Bonchev–Trinajstić information content (AvgIpc) is 2.55. The largest absolute Gasteiger partial charge is 0.494 e. The molecule has 0 radical (unpaired) electrons. The van der Waals surface area contributed by atoms with E-state index in [0.29, 0.717) is 12.4 Å². The number of hydrogen-bond acceptors (Lipinski definition) is 4. The second-order valence-corrected chi connectivity index (χ2v) is 5.40. The maximum absolute atomic E-state index is 9.42. The number of aliphatic hydroxyl groups excluding tert-OH is 2. The number of hydrogen-bond donors (Lipinski definition) is 2. The third kappa shape index (κ3) is 4.71. The third-order valence-electron chi connectivity index (χ3n) is 3.81. The summed E-state index contributed by atoms with van der Waals surface area (Å²) in [6.45, 7) is 4.09. The average molecular weight is 316 g/mol. The molecular weight excluding hydrogens is 292 g/mol. The first kappa shape index (κ1) is 17.3. The molecule has 2 aromatic carbocycles. The van der Waals surface area contributed by atoms with Gasteiger partial charge in [-0.15, -0.1) is 0 Å². The van der Waals surface area contributed by atoms with Gasteiger partial charge in [-0.2, -0.15) is 0 Å². The molecule has 4 nitrogen and oxygen atoms in total. The molecule has 0 aliphatic carbocycles. The monoisotopic (exact) mass is 316 g/mol. The Morgan fingerprint density at radius 3 is 2.22 bits per heavy atom. The van der Waals surface area contributed by atoms with Crippen molar-refractivity contribution in [1.29, 1.82) is 0 Å². The van der Waals surface area contributed by atoms with E-state index in [4.69, 9.17) is 14.6 Å². The molecule has 0 aromatic heterocycles. The van der Waals surface area contributed by atoms with Crippen LogP contribution in [0.3, 0.4) is 0 Å². The standard InChI is InChI=1S/C19H24O4/c1-3-22-17-8-6-15(7-9-17)4-5-16-10-14(2)18(12-20)19(11-16)23-13-21/h6-11,20-21H,3-5,12-13H2,1-2H3. The number of rotatable bonds is 8. The predicted molar refractivity (Wildman–Crippen MR) is 89.8 cm³/mol. The molecule has 0 unspecified atom stereocenters. The van der Waals surface area contributed by atoms with Gasteiger partial charge >= 0.3 is 0 Å². The maximum Gasteiger partial charge on any atom is 0.186 e. The van der Waals surface area contributed by atoms with Crippen molar-refractivity contribution in [1.82, 2.24) is 0 Å². The minimum atomic E-state index is -0.394. The number of benzene rings is 2. The minimum absolute atomic E-state index is 0.0969. The van der Waals surface area contributed by atoms with Gasteiger partial charge in [0, 0.05) is 5.56 Å². The van der Waals surface area contributed by atoms with Crippen LogP contribution in [0.15, 0.2) is 36.4 Å². The van der Waals surface area contributed by atoms with E-state index in [1.54, 1.807) is 0 Å². The SMILES string of the molecule is CCOc1ccc(CCc2cc(C)c(CO)c(OCO)c2)cc1. The summed E-state index contributed by atoms with van der Waals surface area (Å²) in [5, 5.41) is 18.4. The van der Waals surface area contributed by atoms with Crippen LogP contribution in [-0.2, 0) is 19.4 Å². The van der Waals surface area contributed by atoms with E-state index in [0.717, 1.165) is 35.3 Å². The molecular formula is C19H24O4. The summed E-state index contributed by atoms with van der Waals surface area (Å²) >= 11 is 0. The molecule has 0 fully saturated rings. The first-order valence-electron chi connectivity index (χ1n) is 7.86. The molecule has 0 spiro atoms. The molecule has 0 bridgehead atoms. The Balaban J connectivity index is 2.07. The van der Waals surface area contributed by atoms with Crippen molar-refractivity contribution in [2.45, 2.75) is 33.3 Å². The second kappa shape index (κ2) is 8.56. The molecule has 23 heavy (non-hydrogen) atoms. The zero-order valence-electron chi connectivity index (χ0n) is 13.7. The molecule has 0 saturated carbocycles. The minimum Gasteiger partial charge on any atom is -0.494 e.